The minimum Gasteiger partial charge on any atom is -0.496 e. The Morgan fingerprint density at radius 3 is 2.69 bits per heavy atom. The summed E-state index contributed by atoms with van der Waals surface area (Å²) in [4.78, 5) is 24.0. The number of benzene rings is 2. The molecule has 0 saturated carbocycles. The van der Waals surface area contributed by atoms with Crippen LogP contribution < -0.4 is 10.1 Å². The van der Waals surface area contributed by atoms with Crippen LogP contribution in [-0.4, -0.2) is 40.8 Å². The molecular weight excluding hydrogens is 334 g/mol. The molecule has 1 amide bonds. The summed E-state index contributed by atoms with van der Waals surface area (Å²) in [5.41, 5.74) is 1.78. The number of nitrogens with zero attached hydrogens (tertiary/aromatic N) is 1. The topological polar surface area (TPSA) is 104 Å². The number of carbonyl (C=O) groups excluding carboxylic acids is 1. The van der Waals surface area contributed by atoms with Crippen LogP contribution in [0.25, 0.3) is 10.9 Å². The van der Waals surface area contributed by atoms with E-state index in [1.807, 2.05) is 36.4 Å². The van der Waals surface area contributed by atoms with Crippen molar-refractivity contribution in [1.29, 1.82) is 0 Å². The number of para-hydroxylation sites is 2. The highest BCUT2D eigenvalue weighted by Gasteiger charge is 2.22. The number of carboxylic acids is 1. The van der Waals surface area contributed by atoms with Crippen molar-refractivity contribution in [2.45, 2.75) is 6.42 Å². The van der Waals surface area contributed by atoms with Crippen molar-refractivity contribution in [3.8, 4) is 5.75 Å². The third kappa shape index (κ3) is 3.66. The molecule has 0 saturated heterocycles. The van der Waals surface area contributed by atoms with Crippen molar-refractivity contribution in [2.24, 2.45) is 5.92 Å². The first-order chi connectivity index (χ1) is 12.6. The summed E-state index contributed by atoms with van der Waals surface area (Å²) in [5.74, 6) is -1.54. The minimum atomic E-state index is -0.983. The molecule has 1 aromatic heterocycles. The van der Waals surface area contributed by atoms with Crippen LogP contribution in [0.2, 0.25) is 0 Å². The summed E-state index contributed by atoms with van der Waals surface area (Å²) >= 11 is 0. The molecule has 1 heterocycles. The highest BCUT2D eigenvalue weighted by molar-refractivity contribution is 6.04. The summed E-state index contributed by atoms with van der Waals surface area (Å²) in [7, 11) is 1.54. The molecule has 0 spiro atoms. The van der Waals surface area contributed by atoms with E-state index in [9.17, 15) is 14.7 Å². The Labute approximate surface area is 150 Å². The van der Waals surface area contributed by atoms with Crippen LogP contribution in [0.4, 0.5) is 0 Å². The van der Waals surface area contributed by atoms with Crippen molar-refractivity contribution >= 4 is 22.8 Å². The molecule has 2 aromatic carbocycles. The van der Waals surface area contributed by atoms with E-state index in [2.05, 4.69) is 15.5 Å². The van der Waals surface area contributed by atoms with Crippen molar-refractivity contribution in [3.05, 3.63) is 59.8 Å². The van der Waals surface area contributed by atoms with Crippen LogP contribution >= 0.6 is 0 Å². The number of fused-ring (bicyclic) bond motifs is 1. The number of hydrogen-bond acceptors (Lipinski definition) is 4. The molecule has 3 aromatic rings. The lowest BCUT2D eigenvalue weighted by atomic mass is 9.98. The smallest absolute Gasteiger partial charge is 0.308 e. The van der Waals surface area contributed by atoms with Gasteiger partial charge < -0.3 is 15.2 Å². The average molecular weight is 353 g/mol. The van der Waals surface area contributed by atoms with E-state index in [1.54, 1.807) is 19.2 Å². The number of rotatable bonds is 7. The van der Waals surface area contributed by atoms with Gasteiger partial charge >= 0.3 is 5.97 Å². The summed E-state index contributed by atoms with van der Waals surface area (Å²) < 4.78 is 5.26. The van der Waals surface area contributed by atoms with Crippen molar-refractivity contribution in [2.75, 3.05) is 13.7 Å². The highest BCUT2D eigenvalue weighted by atomic mass is 16.5. The van der Waals surface area contributed by atoms with Gasteiger partial charge in [-0.15, -0.1) is 0 Å². The molecule has 26 heavy (non-hydrogen) atoms. The van der Waals surface area contributed by atoms with E-state index in [0.717, 1.165) is 11.1 Å². The second kappa shape index (κ2) is 7.69. The second-order valence-electron chi connectivity index (χ2n) is 5.88. The Bertz CT molecular complexity index is 935. The number of aromatic amines is 1. The highest BCUT2D eigenvalue weighted by Crippen LogP contribution is 2.21. The molecule has 0 aliphatic rings. The van der Waals surface area contributed by atoms with E-state index >= 15 is 0 Å². The van der Waals surface area contributed by atoms with E-state index in [-0.39, 0.29) is 18.7 Å². The van der Waals surface area contributed by atoms with E-state index < -0.39 is 17.8 Å². The first-order valence-electron chi connectivity index (χ1n) is 8.16. The van der Waals surface area contributed by atoms with Crippen molar-refractivity contribution in [1.82, 2.24) is 15.5 Å². The third-order valence-corrected chi connectivity index (χ3v) is 4.20. The van der Waals surface area contributed by atoms with E-state index in [0.29, 0.717) is 11.1 Å². The van der Waals surface area contributed by atoms with Gasteiger partial charge in [-0.25, -0.2) is 0 Å². The van der Waals surface area contributed by atoms with Gasteiger partial charge in [0, 0.05) is 11.9 Å². The van der Waals surface area contributed by atoms with Crippen LogP contribution in [0, 0.1) is 5.92 Å². The number of ether oxygens (including phenoxy) is 1. The van der Waals surface area contributed by atoms with Gasteiger partial charge in [-0.3, -0.25) is 14.7 Å². The van der Waals surface area contributed by atoms with Crippen LogP contribution in [0.15, 0.2) is 48.5 Å². The quantitative estimate of drug-likeness (QED) is 0.604. The fraction of sp³-hybridized carbons (Fsp3) is 0.211. The van der Waals surface area contributed by atoms with Crippen LogP contribution in [0.1, 0.15) is 16.1 Å². The molecule has 134 valence electrons. The zero-order valence-electron chi connectivity index (χ0n) is 14.2. The zero-order chi connectivity index (χ0) is 18.5. The fourth-order valence-electron chi connectivity index (χ4n) is 2.82. The molecular formula is C19H19N3O4. The predicted molar refractivity (Wildman–Crippen MR) is 96.3 cm³/mol. The number of aromatic nitrogens is 2. The first-order valence-corrected chi connectivity index (χ1v) is 8.16. The number of hydrogen-bond donors (Lipinski definition) is 3. The SMILES string of the molecule is COc1ccccc1CC(CNC(=O)c1n[nH]c2ccccc12)C(=O)O. The maximum atomic E-state index is 12.4. The van der Waals surface area contributed by atoms with Crippen molar-refractivity contribution < 1.29 is 19.4 Å². The molecule has 0 aliphatic carbocycles. The fourth-order valence-corrected chi connectivity index (χ4v) is 2.82. The lowest BCUT2D eigenvalue weighted by molar-refractivity contribution is -0.141. The molecule has 7 heteroatoms. The van der Waals surface area contributed by atoms with E-state index in [1.165, 1.54) is 0 Å². The summed E-state index contributed by atoms with van der Waals surface area (Å²) in [5, 5.41) is 19.7. The molecule has 1 unspecified atom stereocenters. The van der Waals surface area contributed by atoms with Crippen molar-refractivity contribution in [3.63, 3.8) is 0 Å². The molecule has 0 bridgehead atoms. The molecule has 3 rings (SSSR count). The Kier molecular flexibility index (Phi) is 5.17. The van der Waals surface area contributed by atoms with Gasteiger partial charge in [0.1, 0.15) is 5.75 Å². The second-order valence-corrected chi connectivity index (χ2v) is 5.88. The standard InChI is InChI=1S/C19H19N3O4/c1-26-16-9-5-2-6-12(16)10-13(19(24)25)11-20-18(23)17-14-7-3-4-8-15(14)21-22-17/h2-9,13H,10-11H2,1H3,(H,20,23)(H,21,22)(H,24,25). The monoisotopic (exact) mass is 353 g/mol. The number of amides is 1. The lowest BCUT2D eigenvalue weighted by Gasteiger charge is -2.15. The number of aliphatic carboxylic acids is 1. The predicted octanol–water partition coefficient (Wildman–Crippen LogP) is 2.24. The van der Waals surface area contributed by atoms with Crippen LogP contribution in [0.5, 0.6) is 5.75 Å². The number of nitrogens with one attached hydrogen (secondary N) is 2. The van der Waals surface area contributed by atoms with Crippen LogP contribution in [-0.2, 0) is 11.2 Å². The number of methoxy groups -OCH3 is 1. The molecule has 0 aliphatic heterocycles. The average Bonchev–Trinajstić information content (AvgIpc) is 3.09. The molecule has 0 radical (unpaired) electrons. The van der Waals surface area contributed by atoms with Gasteiger partial charge in [-0.2, -0.15) is 5.10 Å². The Balaban J connectivity index is 1.71. The number of carboxylic acid groups (broad SMARTS) is 1. The van der Waals surface area contributed by atoms with Gasteiger partial charge in [0.2, 0.25) is 0 Å². The Hall–Kier alpha value is -3.35. The maximum Gasteiger partial charge on any atom is 0.308 e. The summed E-state index contributed by atoms with van der Waals surface area (Å²) in [6, 6.07) is 14.5. The van der Waals surface area contributed by atoms with E-state index in [4.69, 9.17) is 4.74 Å². The molecule has 0 fully saturated rings. The van der Waals surface area contributed by atoms with Gasteiger partial charge in [-0.05, 0) is 24.1 Å². The van der Waals surface area contributed by atoms with Gasteiger partial charge in [0.15, 0.2) is 5.69 Å². The molecule has 1 atom stereocenters. The summed E-state index contributed by atoms with van der Waals surface area (Å²) in [6.07, 6.45) is 0.251. The normalized spacial score (nSPS) is 11.9. The van der Waals surface area contributed by atoms with Gasteiger partial charge in [0.05, 0.1) is 18.5 Å². The minimum absolute atomic E-state index is 0.00655. The molecule has 7 nitrogen and oxygen atoms in total. The van der Waals surface area contributed by atoms with Gasteiger partial charge in [0.25, 0.3) is 5.91 Å². The summed E-state index contributed by atoms with van der Waals surface area (Å²) in [6.45, 7) is -0.00655. The maximum absolute atomic E-state index is 12.4. The number of H-pyrrole nitrogens is 1. The van der Waals surface area contributed by atoms with Crippen LogP contribution in [0.3, 0.4) is 0 Å². The Morgan fingerprint density at radius 1 is 1.19 bits per heavy atom. The Morgan fingerprint density at radius 2 is 1.92 bits per heavy atom. The lowest BCUT2D eigenvalue weighted by Crippen LogP contribution is -2.34. The third-order valence-electron chi connectivity index (χ3n) is 4.20. The molecule has 3 N–H and O–H groups in total. The first kappa shape index (κ1) is 17.5. The van der Waals surface area contributed by atoms with Gasteiger partial charge in [-0.1, -0.05) is 36.4 Å². The largest absolute Gasteiger partial charge is 0.496 e. The number of carbonyl (C=O) groups is 2. The zero-order valence-corrected chi connectivity index (χ0v) is 14.2.